The molecule has 2 N–H and O–H groups in total. The highest BCUT2D eigenvalue weighted by molar-refractivity contribution is 6.32. The molecule has 0 radical (unpaired) electrons. The zero-order chi connectivity index (χ0) is 17.2. The predicted octanol–water partition coefficient (Wildman–Crippen LogP) is 3.88. The van der Waals surface area contributed by atoms with Crippen molar-refractivity contribution in [1.29, 1.82) is 0 Å². The number of aromatic nitrogens is 1. The summed E-state index contributed by atoms with van der Waals surface area (Å²) in [5.74, 6) is 0.945. The van der Waals surface area contributed by atoms with Crippen LogP contribution in [0.5, 0.6) is 11.5 Å². The van der Waals surface area contributed by atoms with Crippen molar-refractivity contribution >= 4 is 34.5 Å². The van der Waals surface area contributed by atoms with E-state index in [2.05, 4.69) is 10.3 Å². The minimum atomic E-state index is -0.188. The van der Waals surface area contributed by atoms with Crippen LogP contribution >= 0.6 is 11.6 Å². The SMILES string of the molecule is O=C(/C=C/c1cc(Cl)c2c(c1)OCO2)NCc1cc2ccccc2[nH]1. The number of benzene rings is 2. The number of nitrogens with one attached hydrogen (secondary N) is 2. The van der Waals surface area contributed by atoms with Crippen LogP contribution in [0.2, 0.25) is 5.02 Å². The maximum atomic E-state index is 12.0. The zero-order valence-electron chi connectivity index (χ0n) is 13.2. The van der Waals surface area contributed by atoms with Gasteiger partial charge in [0.2, 0.25) is 12.7 Å². The molecule has 0 aliphatic carbocycles. The van der Waals surface area contributed by atoms with E-state index in [0.717, 1.165) is 22.2 Å². The molecule has 0 saturated carbocycles. The van der Waals surface area contributed by atoms with Crippen molar-refractivity contribution in [1.82, 2.24) is 10.3 Å². The minimum absolute atomic E-state index is 0.160. The molecule has 0 spiro atoms. The maximum Gasteiger partial charge on any atom is 0.244 e. The molecule has 4 rings (SSSR count). The van der Waals surface area contributed by atoms with Crippen LogP contribution in [-0.4, -0.2) is 17.7 Å². The van der Waals surface area contributed by atoms with Crippen molar-refractivity contribution in [3.05, 3.63) is 64.8 Å². The third-order valence-corrected chi connectivity index (χ3v) is 4.20. The summed E-state index contributed by atoms with van der Waals surface area (Å²) in [5.41, 5.74) is 2.78. The predicted molar refractivity (Wildman–Crippen MR) is 96.8 cm³/mol. The largest absolute Gasteiger partial charge is 0.454 e. The number of fused-ring (bicyclic) bond motifs is 2. The van der Waals surface area contributed by atoms with Gasteiger partial charge in [0.25, 0.3) is 0 Å². The second kappa shape index (κ2) is 6.53. The molecule has 2 aromatic carbocycles. The van der Waals surface area contributed by atoms with E-state index >= 15 is 0 Å². The molecule has 0 bridgehead atoms. The number of carbonyl (C=O) groups is 1. The summed E-state index contributed by atoms with van der Waals surface area (Å²) in [6.07, 6.45) is 3.16. The van der Waals surface area contributed by atoms with Crippen LogP contribution in [0, 0.1) is 0 Å². The fourth-order valence-corrected chi connectivity index (χ4v) is 3.00. The number of hydrogen-bond donors (Lipinski definition) is 2. The molecular formula is C19H15ClN2O3. The summed E-state index contributed by atoms with van der Waals surface area (Å²) >= 11 is 6.13. The zero-order valence-corrected chi connectivity index (χ0v) is 14.0. The van der Waals surface area contributed by atoms with Crippen LogP contribution in [0.3, 0.4) is 0 Å². The molecule has 0 saturated heterocycles. The van der Waals surface area contributed by atoms with E-state index in [0.29, 0.717) is 23.1 Å². The molecule has 3 aromatic rings. The van der Waals surface area contributed by atoms with Gasteiger partial charge in [0.15, 0.2) is 11.5 Å². The van der Waals surface area contributed by atoms with Gasteiger partial charge in [-0.05, 0) is 41.3 Å². The molecule has 1 aliphatic heterocycles. The standard InChI is InChI=1S/C19H15ClN2O3/c20-15-7-12(8-17-19(15)25-11-24-17)5-6-18(23)21-10-14-9-13-3-1-2-4-16(13)22-14/h1-9,22H,10-11H2,(H,21,23)/b6-5+. The lowest BCUT2D eigenvalue weighted by atomic mass is 10.2. The molecule has 5 nitrogen and oxygen atoms in total. The molecular weight excluding hydrogens is 340 g/mol. The number of amides is 1. The fourth-order valence-electron chi connectivity index (χ4n) is 2.73. The number of H-pyrrole nitrogens is 1. The smallest absolute Gasteiger partial charge is 0.244 e. The molecule has 1 amide bonds. The van der Waals surface area contributed by atoms with E-state index in [1.807, 2.05) is 30.3 Å². The molecule has 25 heavy (non-hydrogen) atoms. The number of halogens is 1. The summed E-state index contributed by atoms with van der Waals surface area (Å²) in [6.45, 7) is 0.590. The van der Waals surface area contributed by atoms with Crippen LogP contribution in [0.15, 0.2) is 48.5 Å². The lowest BCUT2D eigenvalue weighted by Gasteiger charge is -2.02. The van der Waals surface area contributed by atoms with Gasteiger partial charge in [-0.3, -0.25) is 4.79 Å². The average Bonchev–Trinajstić information content (AvgIpc) is 3.24. The Morgan fingerprint density at radius 2 is 2.12 bits per heavy atom. The van der Waals surface area contributed by atoms with Crippen LogP contribution in [0.4, 0.5) is 0 Å². The van der Waals surface area contributed by atoms with Gasteiger partial charge in [0.05, 0.1) is 11.6 Å². The highest BCUT2D eigenvalue weighted by atomic mass is 35.5. The quantitative estimate of drug-likeness (QED) is 0.699. The normalized spacial score (nSPS) is 12.8. The number of rotatable bonds is 4. The van der Waals surface area contributed by atoms with Crippen molar-refractivity contribution in [3.8, 4) is 11.5 Å². The first-order chi connectivity index (χ1) is 12.2. The Labute approximate surface area is 149 Å². The van der Waals surface area contributed by atoms with Crippen molar-refractivity contribution in [3.63, 3.8) is 0 Å². The van der Waals surface area contributed by atoms with Gasteiger partial charge >= 0.3 is 0 Å². The van der Waals surface area contributed by atoms with Crippen LogP contribution in [-0.2, 0) is 11.3 Å². The Hall–Kier alpha value is -2.92. The first-order valence-electron chi connectivity index (χ1n) is 7.81. The van der Waals surface area contributed by atoms with Crippen molar-refractivity contribution in [2.75, 3.05) is 6.79 Å². The Morgan fingerprint density at radius 1 is 1.24 bits per heavy atom. The van der Waals surface area contributed by atoms with Gasteiger partial charge in [-0.2, -0.15) is 0 Å². The average molecular weight is 355 g/mol. The van der Waals surface area contributed by atoms with E-state index in [-0.39, 0.29) is 12.7 Å². The van der Waals surface area contributed by atoms with Crippen LogP contribution < -0.4 is 14.8 Å². The third-order valence-electron chi connectivity index (χ3n) is 3.92. The van der Waals surface area contributed by atoms with Crippen LogP contribution in [0.1, 0.15) is 11.3 Å². The van der Waals surface area contributed by atoms with Crippen molar-refractivity contribution in [2.24, 2.45) is 0 Å². The number of ether oxygens (including phenoxy) is 2. The third kappa shape index (κ3) is 3.32. The van der Waals surface area contributed by atoms with Gasteiger partial charge in [0, 0.05) is 17.3 Å². The van der Waals surface area contributed by atoms with E-state index in [1.54, 1.807) is 18.2 Å². The van der Waals surface area contributed by atoms with Gasteiger partial charge in [-0.25, -0.2) is 0 Å². The molecule has 1 aliphatic rings. The topological polar surface area (TPSA) is 63.4 Å². The molecule has 0 unspecified atom stereocenters. The second-order valence-corrected chi connectivity index (χ2v) is 6.08. The molecule has 1 aromatic heterocycles. The number of carbonyl (C=O) groups excluding carboxylic acids is 1. The molecule has 0 fully saturated rings. The van der Waals surface area contributed by atoms with Gasteiger partial charge in [0.1, 0.15) is 0 Å². The Balaban J connectivity index is 1.40. The molecule has 6 heteroatoms. The highest BCUT2D eigenvalue weighted by Gasteiger charge is 2.17. The molecule has 126 valence electrons. The van der Waals surface area contributed by atoms with Crippen molar-refractivity contribution in [2.45, 2.75) is 6.54 Å². The first kappa shape index (κ1) is 15.6. The van der Waals surface area contributed by atoms with E-state index < -0.39 is 0 Å². The monoisotopic (exact) mass is 354 g/mol. The summed E-state index contributed by atoms with van der Waals surface area (Å²) < 4.78 is 10.6. The number of para-hydroxylation sites is 1. The molecule has 0 atom stereocenters. The lowest BCUT2D eigenvalue weighted by molar-refractivity contribution is -0.116. The van der Waals surface area contributed by atoms with Gasteiger partial charge in [-0.1, -0.05) is 29.8 Å². The minimum Gasteiger partial charge on any atom is -0.454 e. The summed E-state index contributed by atoms with van der Waals surface area (Å²) in [4.78, 5) is 15.3. The summed E-state index contributed by atoms with van der Waals surface area (Å²) in [6, 6.07) is 13.5. The highest BCUT2D eigenvalue weighted by Crippen LogP contribution is 2.40. The van der Waals surface area contributed by atoms with Crippen LogP contribution in [0.25, 0.3) is 17.0 Å². The van der Waals surface area contributed by atoms with E-state index in [4.69, 9.17) is 21.1 Å². The van der Waals surface area contributed by atoms with Gasteiger partial charge in [-0.15, -0.1) is 0 Å². The number of aromatic amines is 1. The first-order valence-corrected chi connectivity index (χ1v) is 8.18. The van der Waals surface area contributed by atoms with Crippen molar-refractivity contribution < 1.29 is 14.3 Å². The fraction of sp³-hybridized carbons (Fsp3) is 0.105. The Morgan fingerprint density at radius 3 is 3.00 bits per heavy atom. The Bertz CT molecular complexity index is 945. The molecule has 2 heterocycles. The van der Waals surface area contributed by atoms with Gasteiger partial charge < -0.3 is 19.8 Å². The van der Waals surface area contributed by atoms with E-state index in [1.165, 1.54) is 6.08 Å². The summed E-state index contributed by atoms with van der Waals surface area (Å²) in [5, 5.41) is 4.44. The summed E-state index contributed by atoms with van der Waals surface area (Å²) in [7, 11) is 0. The Kier molecular flexibility index (Phi) is 4.07. The maximum absolute atomic E-state index is 12.0. The lowest BCUT2D eigenvalue weighted by Crippen LogP contribution is -2.20. The van der Waals surface area contributed by atoms with E-state index in [9.17, 15) is 4.79 Å². The second-order valence-electron chi connectivity index (χ2n) is 5.67. The number of hydrogen-bond acceptors (Lipinski definition) is 3.